The van der Waals surface area contributed by atoms with Crippen molar-refractivity contribution in [1.29, 1.82) is 0 Å². The number of hydrogen-bond acceptors (Lipinski definition) is 0. The van der Waals surface area contributed by atoms with Crippen LogP contribution in [0.1, 0.15) is 12.8 Å². The first-order valence-corrected chi connectivity index (χ1v) is 10.5. The van der Waals surface area contributed by atoms with E-state index in [1.807, 2.05) is 0 Å². The molecule has 1 nitrogen and oxygen atoms in total. The lowest BCUT2D eigenvalue weighted by atomic mass is 10.2. The molecule has 3 aromatic rings. The van der Waals surface area contributed by atoms with Crippen molar-refractivity contribution in [2.24, 2.45) is 7.05 Å². The Kier molecular flexibility index (Phi) is 3.85. The van der Waals surface area contributed by atoms with Crippen molar-refractivity contribution in [1.82, 2.24) is 4.57 Å². The Morgan fingerprint density at radius 3 is 2.42 bits per heavy atom. The molecule has 0 N–H and O–H groups in total. The summed E-state index contributed by atoms with van der Waals surface area (Å²) in [5.74, 6) is 0. The highest BCUT2D eigenvalue weighted by Crippen LogP contribution is 2.67. The molecule has 1 aliphatic rings. The van der Waals surface area contributed by atoms with Gasteiger partial charge in [-0.25, -0.2) is 0 Å². The molecule has 0 fully saturated rings. The van der Waals surface area contributed by atoms with E-state index in [-0.39, 0.29) is 0 Å². The van der Waals surface area contributed by atoms with Gasteiger partial charge in [0.2, 0.25) is 0 Å². The number of benzene rings is 2. The molecule has 0 bridgehead atoms. The predicted octanol–water partition coefficient (Wildman–Crippen LogP) is 6.26. The Balaban J connectivity index is 2.03. The molecule has 0 saturated carbocycles. The zero-order chi connectivity index (χ0) is 16.6. The second-order valence-corrected chi connectivity index (χ2v) is 9.66. The fourth-order valence-corrected chi connectivity index (χ4v) is 6.89. The molecule has 0 saturated heterocycles. The normalized spacial score (nSPS) is 18.2. The molecule has 0 amide bonds. The third kappa shape index (κ3) is 2.33. The third-order valence-electron chi connectivity index (χ3n) is 4.95. The lowest BCUT2D eigenvalue weighted by Crippen LogP contribution is -2.03. The van der Waals surface area contributed by atoms with Gasteiger partial charge in [0.15, 0.2) is 0 Å². The van der Waals surface area contributed by atoms with Crippen LogP contribution < -0.4 is 0 Å². The van der Waals surface area contributed by atoms with Crippen LogP contribution in [0.3, 0.4) is 0 Å². The highest BCUT2D eigenvalue weighted by atomic mass is 32.3. The van der Waals surface area contributed by atoms with Gasteiger partial charge in [-0.1, -0.05) is 54.6 Å². The monoisotopic (exact) mass is 333 g/mol. The number of rotatable bonds is 3. The molecule has 0 radical (unpaired) electrons. The first kappa shape index (κ1) is 15.3. The maximum Gasteiger partial charge on any atom is 0.0489 e. The maximum absolute atomic E-state index is 2.45. The summed E-state index contributed by atoms with van der Waals surface area (Å²) in [6.07, 6.45) is 14.2. The summed E-state index contributed by atoms with van der Waals surface area (Å²) in [6.45, 7) is 0. The topological polar surface area (TPSA) is 4.93 Å². The molecule has 1 heterocycles. The van der Waals surface area contributed by atoms with E-state index in [2.05, 4.69) is 96.9 Å². The van der Waals surface area contributed by atoms with Crippen molar-refractivity contribution in [2.45, 2.75) is 22.6 Å². The smallest absolute Gasteiger partial charge is 0.0489 e. The molecule has 1 atom stereocenters. The van der Waals surface area contributed by atoms with Gasteiger partial charge in [0.05, 0.1) is 0 Å². The van der Waals surface area contributed by atoms with Crippen molar-refractivity contribution in [3.05, 3.63) is 83.9 Å². The molecule has 24 heavy (non-hydrogen) atoms. The van der Waals surface area contributed by atoms with Crippen LogP contribution in [0.5, 0.6) is 0 Å². The lowest BCUT2D eigenvalue weighted by Gasteiger charge is -2.38. The molecule has 0 spiro atoms. The Morgan fingerprint density at radius 1 is 0.917 bits per heavy atom. The lowest BCUT2D eigenvalue weighted by molar-refractivity contribution is 0.956. The van der Waals surface area contributed by atoms with E-state index >= 15 is 0 Å². The molecule has 1 aromatic heterocycles. The van der Waals surface area contributed by atoms with E-state index in [1.165, 1.54) is 25.6 Å². The quantitative estimate of drug-likeness (QED) is 0.533. The summed E-state index contributed by atoms with van der Waals surface area (Å²) in [6, 6.07) is 19.8. The summed E-state index contributed by atoms with van der Waals surface area (Å²) in [5.41, 5.74) is 1.31. The van der Waals surface area contributed by atoms with E-state index in [0.29, 0.717) is 0 Å². The van der Waals surface area contributed by atoms with Gasteiger partial charge < -0.3 is 4.57 Å². The van der Waals surface area contributed by atoms with Crippen molar-refractivity contribution < 1.29 is 0 Å². The molecule has 122 valence electrons. The largest absolute Gasteiger partial charge is 0.349 e. The van der Waals surface area contributed by atoms with Crippen LogP contribution in [-0.4, -0.2) is 10.8 Å². The molecule has 2 aromatic carbocycles. The van der Waals surface area contributed by atoms with E-state index in [4.69, 9.17) is 0 Å². The minimum absolute atomic E-state index is 1.14. The average Bonchev–Trinajstić information content (AvgIpc) is 3.00. The Morgan fingerprint density at radius 2 is 1.67 bits per heavy atom. The SMILES string of the molecule is Cn1cc(S(C)(C2=CCCC=C2)c2ccccc2)c2ccccc21. The zero-order valence-corrected chi connectivity index (χ0v) is 15.1. The summed E-state index contributed by atoms with van der Waals surface area (Å²) in [5, 5.41) is 1.38. The van der Waals surface area contributed by atoms with Gasteiger partial charge >= 0.3 is 0 Å². The Hall–Kier alpha value is -2.19. The molecule has 0 aliphatic heterocycles. The van der Waals surface area contributed by atoms with E-state index < -0.39 is 10.0 Å². The fraction of sp³-hybridized carbons (Fsp3) is 0.182. The van der Waals surface area contributed by atoms with Gasteiger partial charge in [0, 0.05) is 29.0 Å². The molecule has 2 heteroatoms. The van der Waals surface area contributed by atoms with Crippen LogP contribution in [0.2, 0.25) is 0 Å². The van der Waals surface area contributed by atoms with Gasteiger partial charge in [-0.15, -0.1) is 0 Å². The van der Waals surface area contributed by atoms with Gasteiger partial charge in [-0.05, 0) is 47.1 Å². The number of aryl methyl sites for hydroxylation is 1. The Bertz CT molecular complexity index is 933. The summed E-state index contributed by atoms with van der Waals surface area (Å²) in [7, 11) is 0.904. The second-order valence-electron chi connectivity index (χ2n) is 6.44. The van der Waals surface area contributed by atoms with E-state index in [9.17, 15) is 0 Å². The minimum atomic E-state index is -1.25. The van der Waals surface area contributed by atoms with Crippen molar-refractivity contribution in [3.63, 3.8) is 0 Å². The molecular formula is C22H23NS. The number of para-hydroxylation sites is 1. The standard InChI is InChI=1S/C22H23NS/c1-23-17-22(20-15-9-10-16-21(20)23)24(2,18-11-5-3-6-12-18)19-13-7-4-8-14-19/h3,5-7,9-17H,4,8H2,1-2H3. The van der Waals surface area contributed by atoms with Crippen molar-refractivity contribution in [2.75, 3.05) is 6.26 Å². The zero-order valence-electron chi connectivity index (χ0n) is 14.3. The first-order chi connectivity index (χ1) is 11.7. The molecular weight excluding hydrogens is 310 g/mol. The number of hydrogen-bond donors (Lipinski definition) is 0. The fourth-order valence-electron chi connectivity index (χ4n) is 3.60. The maximum atomic E-state index is 2.45. The Labute approximate surface area is 145 Å². The highest BCUT2D eigenvalue weighted by molar-refractivity contribution is 8.36. The third-order valence-corrected chi connectivity index (χ3v) is 8.61. The number of aromatic nitrogens is 1. The van der Waals surface area contributed by atoms with Crippen LogP contribution in [0.25, 0.3) is 10.9 Å². The number of nitrogens with zero attached hydrogens (tertiary/aromatic N) is 1. The van der Waals surface area contributed by atoms with E-state index in [1.54, 1.807) is 0 Å². The summed E-state index contributed by atoms with van der Waals surface area (Å²) in [4.78, 5) is 4.38. The predicted molar refractivity (Wildman–Crippen MR) is 106 cm³/mol. The van der Waals surface area contributed by atoms with Crippen molar-refractivity contribution >= 4 is 20.9 Å². The minimum Gasteiger partial charge on any atom is -0.349 e. The summed E-state index contributed by atoms with van der Waals surface area (Å²) >= 11 is 0. The van der Waals surface area contributed by atoms with Crippen LogP contribution in [-0.2, 0) is 7.05 Å². The van der Waals surface area contributed by atoms with Crippen LogP contribution in [0, 0.1) is 0 Å². The van der Waals surface area contributed by atoms with Crippen LogP contribution in [0.4, 0.5) is 0 Å². The van der Waals surface area contributed by atoms with Gasteiger partial charge in [-0.2, -0.15) is 10.0 Å². The highest BCUT2D eigenvalue weighted by Gasteiger charge is 2.30. The van der Waals surface area contributed by atoms with Gasteiger partial charge in [-0.3, -0.25) is 0 Å². The van der Waals surface area contributed by atoms with E-state index in [0.717, 1.165) is 12.8 Å². The number of allylic oxidation sites excluding steroid dienone is 3. The second kappa shape index (κ2) is 6.03. The van der Waals surface area contributed by atoms with Gasteiger partial charge in [0.1, 0.15) is 0 Å². The van der Waals surface area contributed by atoms with Crippen LogP contribution >= 0.6 is 10.0 Å². The first-order valence-electron chi connectivity index (χ1n) is 8.45. The van der Waals surface area contributed by atoms with Gasteiger partial charge in [0.25, 0.3) is 0 Å². The summed E-state index contributed by atoms with van der Waals surface area (Å²) < 4.78 is 2.27. The van der Waals surface area contributed by atoms with Crippen molar-refractivity contribution in [3.8, 4) is 0 Å². The molecule has 1 aliphatic carbocycles. The molecule has 4 rings (SSSR count). The number of fused-ring (bicyclic) bond motifs is 1. The average molecular weight is 334 g/mol. The molecule has 1 unspecified atom stereocenters. The van der Waals surface area contributed by atoms with Crippen LogP contribution in [0.15, 0.2) is 93.7 Å².